The Morgan fingerprint density at radius 3 is 2.54 bits per heavy atom. The van der Waals surface area contributed by atoms with Crippen molar-refractivity contribution >= 4 is 17.2 Å². The number of aromatic nitrogens is 1. The van der Waals surface area contributed by atoms with Crippen molar-refractivity contribution in [1.29, 1.82) is 0 Å². The molecule has 0 aliphatic carbocycles. The number of thiazole rings is 1. The second-order valence-corrected chi connectivity index (χ2v) is 8.30. The molecule has 1 saturated heterocycles. The number of ether oxygens (including phenoxy) is 1. The van der Waals surface area contributed by atoms with E-state index in [1.807, 2.05) is 37.3 Å². The van der Waals surface area contributed by atoms with Crippen LogP contribution in [0.25, 0.3) is 10.6 Å². The molecule has 0 bridgehead atoms. The van der Waals surface area contributed by atoms with Crippen LogP contribution in [-0.4, -0.2) is 54.7 Å². The van der Waals surface area contributed by atoms with Gasteiger partial charge in [-0.2, -0.15) is 0 Å². The molecule has 6 heteroatoms. The quantitative estimate of drug-likeness (QED) is 0.727. The molecule has 5 nitrogen and oxygen atoms in total. The topological polar surface area (TPSA) is 54.5 Å². The SMILES string of the molecule is CCC(CC)C(CNC(=O)c1sc(-c2ccccc2)nc1C)N1CCOCC1. The molecule has 1 amide bonds. The lowest BCUT2D eigenvalue weighted by Crippen LogP contribution is -2.52. The summed E-state index contributed by atoms with van der Waals surface area (Å²) < 4.78 is 5.52. The lowest BCUT2D eigenvalue weighted by molar-refractivity contribution is 0.00192. The minimum absolute atomic E-state index is 0.0126. The van der Waals surface area contributed by atoms with Crippen LogP contribution in [-0.2, 0) is 4.74 Å². The second-order valence-electron chi connectivity index (χ2n) is 7.30. The van der Waals surface area contributed by atoms with Crippen LogP contribution in [0.4, 0.5) is 0 Å². The third-order valence-electron chi connectivity index (χ3n) is 5.60. The maximum absolute atomic E-state index is 12.9. The van der Waals surface area contributed by atoms with Crippen LogP contribution in [0.1, 0.15) is 42.1 Å². The van der Waals surface area contributed by atoms with Crippen LogP contribution in [0.5, 0.6) is 0 Å². The van der Waals surface area contributed by atoms with Crippen molar-refractivity contribution < 1.29 is 9.53 Å². The molecule has 2 aromatic rings. The van der Waals surface area contributed by atoms with Gasteiger partial charge in [-0.1, -0.05) is 57.0 Å². The number of hydrogen-bond acceptors (Lipinski definition) is 5. The molecule has 0 spiro atoms. The van der Waals surface area contributed by atoms with Gasteiger partial charge < -0.3 is 10.1 Å². The first-order valence-corrected chi connectivity index (χ1v) is 11.1. The molecule has 1 N–H and O–H groups in total. The Labute approximate surface area is 172 Å². The molecule has 152 valence electrons. The predicted octanol–water partition coefficient (Wildman–Crippen LogP) is 3.99. The van der Waals surface area contributed by atoms with Crippen molar-refractivity contribution in [1.82, 2.24) is 15.2 Å². The lowest BCUT2D eigenvalue weighted by Gasteiger charge is -2.38. The maximum Gasteiger partial charge on any atom is 0.263 e. The Hall–Kier alpha value is -1.76. The van der Waals surface area contributed by atoms with E-state index in [1.54, 1.807) is 0 Å². The summed E-state index contributed by atoms with van der Waals surface area (Å²) in [6.45, 7) is 10.5. The Balaban J connectivity index is 1.69. The van der Waals surface area contributed by atoms with E-state index in [2.05, 4.69) is 29.0 Å². The summed E-state index contributed by atoms with van der Waals surface area (Å²) in [6, 6.07) is 10.4. The third kappa shape index (κ3) is 4.99. The average Bonchev–Trinajstić information content (AvgIpc) is 3.14. The Morgan fingerprint density at radius 1 is 1.21 bits per heavy atom. The highest BCUT2D eigenvalue weighted by atomic mass is 32.1. The molecule has 2 heterocycles. The monoisotopic (exact) mass is 401 g/mol. The van der Waals surface area contributed by atoms with Gasteiger partial charge in [-0.15, -0.1) is 11.3 Å². The molecule has 0 saturated carbocycles. The van der Waals surface area contributed by atoms with Crippen LogP contribution in [0.2, 0.25) is 0 Å². The van der Waals surface area contributed by atoms with Gasteiger partial charge >= 0.3 is 0 Å². The van der Waals surface area contributed by atoms with Crippen molar-refractivity contribution in [2.75, 3.05) is 32.8 Å². The van der Waals surface area contributed by atoms with Crippen LogP contribution in [0.15, 0.2) is 30.3 Å². The number of nitrogens with zero attached hydrogens (tertiary/aromatic N) is 2. The van der Waals surface area contributed by atoms with Crippen molar-refractivity contribution in [2.24, 2.45) is 5.92 Å². The summed E-state index contributed by atoms with van der Waals surface area (Å²) in [4.78, 5) is 20.7. The minimum atomic E-state index is -0.0126. The summed E-state index contributed by atoms with van der Waals surface area (Å²) in [6.07, 6.45) is 2.23. The number of amides is 1. The van der Waals surface area contributed by atoms with Crippen LogP contribution in [0.3, 0.4) is 0 Å². The average molecular weight is 402 g/mol. The van der Waals surface area contributed by atoms with E-state index < -0.39 is 0 Å². The van der Waals surface area contributed by atoms with E-state index in [4.69, 9.17) is 4.74 Å². The number of benzene rings is 1. The van der Waals surface area contributed by atoms with E-state index in [-0.39, 0.29) is 5.91 Å². The van der Waals surface area contributed by atoms with E-state index >= 15 is 0 Å². The van der Waals surface area contributed by atoms with E-state index in [9.17, 15) is 4.79 Å². The molecule has 1 fully saturated rings. The van der Waals surface area contributed by atoms with Crippen molar-refractivity contribution in [3.8, 4) is 10.6 Å². The molecule has 1 aliphatic rings. The molecule has 1 aromatic heterocycles. The first-order chi connectivity index (χ1) is 13.6. The molecular formula is C22H31N3O2S. The van der Waals surface area contributed by atoms with Gasteiger partial charge in [0.25, 0.3) is 5.91 Å². The summed E-state index contributed by atoms with van der Waals surface area (Å²) in [5.41, 5.74) is 1.85. The second kappa shape index (κ2) is 10.1. The number of carbonyl (C=O) groups excluding carboxylic acids is 1. The molecule has 0 radical (unpaired) electrons. The van der Waals surface area contributed by atoms with E-state index in [0.29, 0.717) is 23.4 Å². The van der Waals surface area contributed by atoms with Gasteiger partial charge in [0.2, 0.25) is 0 Å². The molecule has 3 rings (SSSR count). The Kier molecular flexibility index (Phi) is 7.59. The molecule has 28 heavy (non-hydrogen) atoms. The minimum Gasteiger partial charge on any atom is -0.379 e. The highest BCUT2D eigenvalue weighted by Crippen LogP contribution is 2.28. The third-order valence-corrected chi connectivity index (χ3v) is 6.81. The zero-order chi connectivity index (χ0) is 19.9. The summed E-state index contributed by atoms with van der Waals surface area (Å²) in [5, 5.41) is 4.10. The van der Waals surface area contributed by atoms with Gasteiger partial charge in [0, 0.05) is 31.2 Å². The summed E-state index contributed by atoms with van der Waals surface area (Å²) in [5.74, 6) is 0.558. The highest BCUT2D eigenvalue weighted by Gasteiger charge is 2.28. The smallest absolute Gasteiger partial charge is 0.263 e. The Bertz CT molecular complexity index is 752. The summed E-state index contributed by atoms with van der Waals surface area (Å²) >= 11 is 1.47. The standard InChI is InChI=1S/C22H31N3O2S/c1-4-17(5-2)19(25-11-13-27-14-12-25)15-23-21(26)20-16(3)24-22(28-20)18-9-7-6-8-10-18/h6-10,17,19H,4-5,11-15H2,1-3H3,(H,23,26). The largest absolute Gasteiger partial charge is 0.379 e. The Morgan fingerprint density at radius 2 is 1.89 bits per heavy atom. The number of nitrogens with one attached hydrogen (secondary N) is 1. The van der Waals surface area contributed by atoms with E-state index in [1.165, 1.54) is 11.3 Å². The van der Waals surface area contributed by atoms with Crippen molar-refractivity contribution in [3.63, 3.8) is 0 Å². The fraction of sp³-hybridized carbons (Fsp3) is 0.545. The van der Waals surface area contributed by atoms with E-state index in [0.717, 1.165) is 55.4 Å². The van der Waals surface area contributed by atoms with Crippen LogP contribution < -0.4 is 5.32 Å². The van der Waals surface area contributed by atoms with Crippen LogP contribution in [0, 0.1) is 12.8 Å². The van der Waals surface area contributed by atoms with Crippen molar-refractivity contribution in [3.05, 3.63) is 40.9 Å². The molecular weight excluding hydrogens is 370 g/mol. The molecule has 1 aromatic carbocycles. The van der Waals surface area contributed by atoms with Gasteiger partial charge in [-0.05, 0) is 12.8 Å². The first-order valence-electron chi connectivity index (χ1n) is 10.3. The number of aryl methyl sites for hydroxylation is 1. The number of morpholine rings is 1. The van der Waals surface area contributed by atoms with Crippen molar-refractivity contribution in [2.45, 2.75) is 39.7 Å². The molecule has 1 aliphatic heterocycles. The zero-order valence-electron chi connectivity index (χ0n) is 17.1. The predicted molar refractivity (Wildman–Crippen MR) is 115 cm³/mol. The normalized spacial score (nSPS) is 16.3. The van der Waals surface area contributed by atoms with Gasteiger partial charge in [-0.3, -0.25) is 9.69 Å². The summed E-state index contributed by atoms with van der Waals surface area (Å²) in [7, 11) is 0. The van der Waals surface area contributed by atoms with Crippen LogP contribution >= 0.6 is 11.3 Å². The highest BCUT2D eigenvalue weighted by molar-refractivity contribution is 7.17. The number of carbonyl (C=O) groups is 1. The molecule has 1 unspecified atom stereocenters. The van der Waals surface area contributed by atoms with Gasteiger partial charge in [-0.25, -0.2) is 4.98 Å². The number of hydrogen-bond donors (Lipinski definition) is 1. The lowest BCUT2D eigenvalue weighted by atomic mass is 9.92. The fourth-order valence-electron chi connectivity index (χ4n) is 3.92. The van der Waals surface area contributed by atoms with Gasteiger partial charge in [0.1, 0.15) is 9.88 Å². The number of rotatable bonds is 8. The maximum atomic E-state index is 12.9. The fourth-order valence-corrected chi connectivity index (χ4v) is 4.91. The van der Waals surface area contributed by atoms with Gasteiger partial charge in [0.05, 0.1) is 18.9 Å². The zero-order valence-corrected chi connectivity index (χ0v) is 17.9. The van der Waals surface area contributed by atoms with Gasteiger partial charge in [0.15, 0.2) is 0 Å². The first kappa shape index (κ1) is 21.0. The molecule has 1 atom stereocenters.